The Morgan fingerprint density at radius 1 is 0.882 bits per heavy atom. The zero-order chi connectivity index (χ0) is 23.1. The van der Waals surface area contributed by atoms with Crippen molar-refractivity contribution in [1.29, 1.82) is 0 Å². The van der Waals surface area contributed by atoms with Crippen LogP contribution in [0.5, 0.6) is 0 Å². The molecule has 3 aromatic heterocycles. The molecule has 1 aromatic carbocycles. The van der Waals surface area contributed by atoms with Crippen LogP contribution in [-0.2, 0) is 11.8 Å². The highest BCUT2D eigenvalue weighted by Crippen LogP contribution is 2.32. The lowest BCUT2D eigenvalue weighted by Gasteiger charge is -2.28. The number of likely N-dealkylation sites (tertiary alicyclic amines) is 1. The van der Waals surface area contributed by atoms with Gasteiger partial charge in [-0.05, 0) is 39.0 Å². The molecule has 0 radical (unpaired) electrons. The number of morpholine rings is 1. The van der Waals surface area contributed by atoms with Crippen LogP contribution in [0.3, 0.4) is 0 Å². The molecule has 4 aromatic rings. The Morgan fingerprint density at radius 2 is 1.65 bits per heavy atom. The summed E-state index contributed by atoms with van der Waals surface area (Å²) in [7, 11) is 4.27. The quantitative estimate of drug-likeness (QED) is 0.465. The third-order valence-corrected chi connectivity index (χ3v) is 6.98. The summed E-state index contributed by atoms with van der Waals surface area (Å²) in [6.07, 6.45) is 4.15. The number of ether oxygens (including phenoxy) is 1. The summed E-state index contributed by atoms with van der Waals surface area (Å²) in [6, 6.07) is 12.2. The number of rotatable bonds is 4. The van der Waals surface area contributed by atoms with Crippen molar-refractivity contribution in [3.63, 3.8) is 0 Å². The molecule has 6 rings (SSSR count). The van der Waals surface area contributed by atoms with Gasteiger partial charge in [0.25, 0.3) is 5.95 Å². The first kappa shape index (κ1) is 21.2. The van der Waals surface area contributed by atoms with Gasteiger partial charge in [-0.2, -0.15) is 15.1 Å². The van der Waals surface area contributed by atoms with E-state index in [0.717, 1.165) is 73.1 Å². The van der Waals surface area contributed by atoms with Gasteiger partial charge in [0.15, 0.2) is 17.0 Å². The summed E-state index contributed by atoms with van der Waals surface area (Å²) >= 11 is 0. The lowest BCUT2D eigenvalue weighted by molar-refractivity contribution is 0.122. The molecule has 2 aliphatic heterocycles. The number of imidazole rings is 1. The summed E-state index contributed by atoms with van der Waals surface area (Å²) in [5.74, 6) is 2.98. The van der Waals surface area contributed by atoms with Gasteiger partial charge >= 0.3 is 0 Å². The van der Waals surface area contributed by atoms with Crippen molar-refractivity contribution in [2.24, 2.45) is 7.05 Å². The average Bonchev–Trinajstić information content (AvgIpc) is 3.51. The second kappa shape index (κ2) is 8.81. The van der Waals surface area contributed by atoms with Crippen LogP contribution < -0.4 is 4.90 Å². The minimum absolute atomic E-state index is 0.436. The van der Waals surface area contributed by atoms with Gasteiger partial charge in [0.05, 0.1) is 18.9 Å². The van der Waals surface area contributed by atoms with Gasteiger partial charge < -0.3 is 19.1 Å². The van der Waals surface area contributed by atoms with Crippen molar-refractivity contribution in [3.8, 4) is 17.2 Å². The number of fused-ring (bicyclic) bond motifs is 1. The van der Waals surface area contributed by atoms with Gasteiger partial charge in [-0.25, -0.2) is 9.67 Å². The molecule has 5 heterocycles. The fourth-order valence-electron chi connectivity index (χ4n) is 4.98. The SMILES string of the molecule is CN1CCC(c2nc3c(N4CCOCC4)nc(-n4ccc(-c5ccccc5)n4)nc3n2C)CC1. The standard InChI is InChI=1S/C25H30N8O/c1-30-11-8-19(9-12-30)22-26-21-23(31(22)2)27-25(28-24(21)32-14-16-34-17-15-32)33-13-10-20(29-33)18-6-4-3-5-7-18/h3-7,10,13,19H,8-9,11-12,14-17H2,1-2H3. The molecule has 176 valence electrons. The monoisotopic (exact) mass is 458 g/mol. The molecule has 9 heteroatoms. The van der Waals surface area contributed by atoms with E-state index in [-0.39, 0.29) is 0 Å². The van der Waals surface area contributed by atoms with Crippen LogP contribution in [0.15, 0.2) is 42.6 Å². The van der Waals surface area contributed by atoms with E-state index in [0.29, 0.717) is 25.1 Å². The molecule has 0 unspecified atom stereocenters. The van der Waals surface area contributed by atoms with E-state index in [2.05, 4.69) is 40.6 Å². The molecule has 0 amide bonds. The number of piperidine rings is 1. The normalized spacial score (nSPS) is 18.1. The zero-order valence-electron chi connectivity index (χ0n) is 19.8. The zero-order valence-corrected chi connectivity index (χ0v) is 19.8. The minimum Gasteiger partial charge on any atom is -0.378 e. The lowest BCUT2D eigenvalue weighted by Crippen LogP contribution is -2.37. The highest BCUT2D eigenvalue weighted by atomic mass is 16.5. The lowest BCUT2D eigenvalue weighted by atomic mass is 9.96. The number of nitrogens with zero attached hydrogens (tertiary/aromatic N) is 8. The highest BCUT2D eigenvalue weighted by Gasteiger charge is 2.27. The van der Waals surface area contributed by atoms with E-state index in [4.69, 9.17) is 24.8 Å². The topological polar surface area (TPSA) is 77.1 Å². The van der Waals surface area contributed by atoms with Crippen LogP contribution in [0, 0.1) is 0 Å². The first-order valence-electron chi connectivity index (χ1n) is 12.0. The Labute approximate surface area is 199 Å². The predicted octanol–water partition coefficient (Wildman–Crippen LogP) is 2.86. The molecule has 0 N–H and O–H groups in total. The smallest absolute Gasteiger partial charge is 0.254 e. The van der Waals surface area contributed by atoms with Gasteiger partial charge in [-0.3, -0.25) is 0 Å². The van der Waals surface area contributed by atoms with Gasteiger partial charge in [0.2, 0.25) is 0 Å². The van der Waals surface area contributed by atoms with E-state index >= 15 is 0 Å². The molecule has 0 saturated carbocycles. The largest absolute Gasteiger partial charge is 0.378 e. The van der Waals surface area contributed by atoms with Crippen molar-refractivity contribution < 1.29 is 4.74 Å². The van der Waals surface area contributed by atoms with Crippen LogP contribution in [0.2, 0.25) is 0 Å². The molecular weight excluding hydrogens is 428 g/mol. The predicted molar refractivity (Wildman–Crippen MR) is 131 cm³/mol. The molecule has 2 saturated heterocycles. The Hall–Kier alpha value is -3.30. The molecule has 2 fully saturated rings. The molecule has 0 spiro atoms. The summed E-state index contributed by atoms with van der Waals surface area (Å²) in [5, 5.41) is 4.79. The van der Waals surface area contributed by atoms with Crippen molar-refractivity contribution in [2.75, 3.05) is 51.3 Å². The van der Waals surface area contributed by atoms with Gasteiger partial charge in [-0.15, -0.1) is 0 Å². The summed E-state index contributed by atoms with van der Waals surface area (Å²) in [4.78, 5) is 19.7. The van der Waals surface area contributed by atoms with Gasteiger partial charge in [0, 0.05) is 37.8 Å². The summed E-state index contributed by atoms with van der Waals surface area (Å²) in [5.41, 5.74) is 3.70. The number of hydrogen-bond acceptors (Lipinski definition) is 7. The minimum atomic E-state index is 0.436. The van der Waals surface area contributed by atoms with Crippen LogP contribution in [-0.4, -0.2) is 80.6 Å². The molecule has 2 aliphatic rings. The second-order valence-corrected chi connectivity index (χ2v) is 9.24. The third-order valence-electron chi connectivity index (χ3n) is 6.98. The molecule has 34 heavy (non-hydrogen) atoms. The first-order valence-corrected chi connectivity index (χ1v) is 12.0. The van der Waals surface area contributed by atoms with E-state index in [1.54, 1.807) is 4.68 Å². The Bertz CT molecular complexity index is 1280. The van der Waals surface area contributed by atoms with Crippen molar-refractivity contribution in [2.45, 2.75) is 18.8 Å². The molecule has 0 bridgehead atoms. The van der Waals surface area contributed by atoms with Crippen LogP contribution in [0.1, 0.15) is 24.6 Å². The second-order valence-electron chi connectivity index (χ2n) is 9.24. The summed E-state index contributed by atoms with van der Waals surface area (Å²) in [6.45, 7) is 5.15. The number of aromatic nitrogens is 6. The maximum absolute atomic E-state index is 5.60. The maximum atomic E-state index is 5.60. The molecule has 9 nitrogen and oxygen atoms in total. The molecular formula is C25H30N8O. The van der Waals surface area contributed by atoms with E-state index < -0.39 is 0 Å². The Morgan fingerprint density at radius 3 is 2.41 bits per heavy atom. The van der Waals surface area contributed by atoms with Crippen molar-refractivity contribution in [3.05, 3.63) is 48.4 Å². The van der Waals surface area contributed by atoms with Gasteiger partial charge in [-0.1, -0.05) is 30.3 Å². The van der Waals surface area contributed by atoms with Crippen molar-refractivity contribution in [1.82, 2.24) is 34.2 Å². The number of anilines is 1. The fraction of sp³-hybridized carbons (Fsp3) is 0.440. The number of hydrogen-bond donors (Lipinski definition) is 0. The fourth-order valence-corrected chi connectivity index (χ4v) is 4.98. The van der Waals surface area contributed by atoms with Crippen LogP contribution >= 0.6 is 0 Å². The number of aryl methyl sites for hydroxylation is 1. The van der Waals surface area contributed by atoms with Crippen LogP contribution in [0.25, 0.3) is 28.4 Å². The number of benzene rings is 1. The first-order chi connectivity index (χ1) is 16.7. The van der Waals surface area contributed by atoms with E-state index in [1.165, 1.54) is 0 Å². The third kappa shape index (κ3) is 3.84. The Kier molecular flexibility index (Phi) is 5.50. The summed E-state index contributed by atoms with van der Waals surface area (Å²) < 4.78 is 9.54. The highest BCUT2D eigenvalue weighted by molar-refractivity contribution is 5.85. The molecule has 0 atom stereocenters. The maximum Gasteiger partial charge on any atom is 0.254 e. The van der Waals surface area contributed by atoms with Crippen molar-refractivity contribution >= 4 is 17.0 Å². The Balaban J connectivity index is 1.45. The van der Waals surface area contributed by atoms with E-state index in [1.807, 2.05) is 30.5 Å². The van der Waals surface area contributed by atoms with Gasteiger partial charge in [0.1, 0.15) is 5.82 Å². The van der Waals surface area contributed by atoms with Crippen LogP contribution in [0.4, 0.5) is 5.82 Å². The average molecular weight is 459 g/mol. The van der Waals surface area contributed by atoms with E-state index in [9.17, 15) is 0 Å². The molecule has 0 aliphatic carbocycles.